The van der Waals surface area contributed by atoms with Gasteiger partial charge >= 0.3 is 0 Å². The van der Waals surface area contributed by atoms with Crippen LogP contribution in [0.3, 0.4) is 0 Å². The van der Waals surface area contributed by atoms with E-state index in [0.717, 1.165) is 12.3 Å². The van der Waals surface area contributed by atoms with Crippen LogP contribution in [0.4, 0.5) is 0 Å². The van der Waals surface area contributed by atoms with Crippen LogP contribution in [0.5, 0.6) is 0 Å². The topological polar surface area (TPSA) is 12.0 Å². The molecule has 1 aromatic rings. The molecular weight excluding hydrogens is 318 g/mol. The highest BCUT2D eigenvalue weighted by Gasteiger charge is 2.16. The Hall–Kier alpha value is -0.250. The highest BCUT2D eigenvalue weighted by molar-refractivity contribution is 9.10. The summed E-state index contributed by atoms with van der Waals surface area (Å²) in [6.45, 7) is 3.23. The van der Waals surface area contributed by atoms with Crippen LogP contribution in [-0.2, 0) is 0 Å². The van der Waals surface area contributed by atoms with Gasteiger partial charge in [-0.3, -0.25) is 0 Å². The van der Waals surface area contributed by atoms with Crippen molar-refractivity contribution in [2.45, 2.75) is 43.5 Å². The van der Waals surface area contributed by atoms with Gasteiger partial charge in [-0.1, -0.05) is 30.7 Å². The van der Waals surface area contributed by atoms with Gasteiger partial charge < -0.3 is 5.32 Å². The lowest BCUT2D eigenvalue weighted by atomic mass is 9.95. The van der Waals surface area contributed by atoms with Gasteiger partial charge in [-0.05, 0) is 60.3 Å². The van der Waals surface area contributed by atoms with Crippen LogP contribution in [0.2, 0.25) is 0 Å². The molecule has 1 atom stereocenters. The largest absolute Gasteiger partial charge is 0.310 e. The van der Waals surface area contributed by atoms with Crippen molar-refractivity contribution < 1.29 is 0 Å². The smallest absolute Gasteiger partial charge is 0.0374 e. The lowest BCUT2D eigenvalue weighted by Gasteiger charge is -2.24. The van der Waals surface area contributed by atoms with Gasteiger partial charge in [0, 0.05) is 21.2 Å². The molecule has 1 aliphatic carbocycles. The van der Waals surface area contributed by atoms with Gasteiger partial charge in [0.25, 0.3) is 0 Å². The maximum atomic E-state index is 3.64. The maximum absolute atomic E-state index is 3.64. The molecule has 104 valence electrons. The van der Waals surface area contributed by atoms with Crippen LogP contribution in [0.25, 0.3) is 0 Å². The van der Waals surface area contributed by atoms with Crippen molar-refractivity contribution in [1.82, 2.24) is 5.32 Å². The Balaban J connectivity index is 1.97. The second-order valence-corrected chi connectivity index (χ2v) is 6.79. The molecule has 0 aromatic heterocycles. The Bertz CT molecular complexity index is 431. The quantitative estimate of drug-likeness (QED) is 0.576. The fraction of sp³-hybridized carbons (Fsp3) is 0.500. The number of likely N-dealkylation sites (N-methyl/N-ethyl adjacent to an activating group) is 1. The van der Waals surface area contributed by atoms with Crippen LogP contribution in [0.1, 0.15) is 32.6 Å². The van der Waals surface area contributed by atoms with Gasteiger partial charge in [-0.25, -0.2) is 0 Å². The fourth-order valence-corrected chi connectivity index (χ4v) is 4.14. The first kappa shape index (κ1) is 15.1. The first-order valence-corrected chi connectivity index (χ1v) is 8.88. The lowest BCUT2D eigenvalue weighted by Crippen LogP contribution is -2.33. The molecule has 0 fully saturated rings. The molecule has 1 aliphatic rings. The van der Waals surface area contributed by atoms with E-state index in [1.165, 1.54) is 35.1 Å². The van der Waals surface area contributed by atoms with Gasteiger partial charge in [0.2, 0.25) is 0 Å². The summed E-state index contributed by atoms with van der Waals surface area (Å²) in [4.78, 5) is 1.34. The minimum Gasteiger partial charge on any atom is -0.310 e. The molecule has 1 N–H and O–H groups in total. The number of hydrogen-bond acceptors (Lipinski definition) is 2. The SMILES string of the molecule is CCNC(CSc1ccccc1Br)C1=CCCCC1. The molecule has 1 nitrogen and oxygen atoms in total. The van der Waals surface area contributed by atoms with Gasteiger partial charge in [0.05, 0.1) is 0 Å². The lowest BCUT2D eigenvalue weighted by molar-refractivity contribution is 0.580. The molecular formula is C16H22BrNS. The van der Waals surface area contributed by atoms with Crippen LogP contribution in [0.15, 0.2) is 45.3 Å². The van der Waals surface area contributed by atoms with Crippen molar-refractivity contribution in [3.05, 3.63) is 40.4 Å². The van der Waals surface area contributed by atoms with Crippen molar-refractivity contribution in [2.75, 3.05) is 12.3 Å². The molecule has 0 bridgehead atoms. The van der Waals surface area contributed by atoms with Gasteiger partial charge in [0.1, 0.15) is 0 Å². The molecule has 2 rings (SSSR count). The molecule has 19 heavy (non-hydrogen) atoms. The zero-order chi connectivity index (χ0) is 13.5. The predicted molar refractivity (Wildman–Crippen MR) is 88.9 cm³/mol. The fourth-order valence-electron chi connectivity index (χ4n) is 2.46. The number of thioether (sulfide) groups is 1. The normalized spacial score (nSPS) is 17.1. The third kappa shape index (κ3) is 4.66. The van der Waals surface area contributed by atoms with Crippen molar-refractivity contribution in [2.24, 2.45) is 0 Å². The summed E-state index contributed by atoms with van der Waals surface area (Å²) in [5, 5.41) is 3.64. The zero-order valence-corrected chi connectivity index (χ0v) is 13.9. The molecule has 0 spiro atoms. The van der Waals surface area contributed by atoms with E-state index >= 15 is 0 Å². The Morgan fingerprint density at radius 1 is 1.32 bits per heavy atom. The van der Waals surface area contributed by atoms with Crippen LogP contribution in [0, 0.1) is 0 Å². The number of allylic oxidation sites excluding steroid dienone is 1. The van der Waals surface area contributed by atoms with Gasteiger partial charge in [-0.2, -0.15) is 0 Å². The van der Waals surface area contributed by atoms with Crippen LogP contribution >= 0.6 is 27.7 Å². The Labute approximate surface area is 129 Å². The average Bonchev–Trinajstić information content (AvgIpc) is 2.46. The summed E-state index contributed by atoms with van der Waals surface area (Å²) in [6, 6.07) is 9.01. The zero-order valence-electron chi connectivity index (χ0n) is 11.5. The van der Waals surface area contributed by atoms with Crippen molar-refractivity contribution in [3.63, 3.8) is 0 Å². The first-order chi connectivity index (χ1) is 9.31. The van der Waals surface area contributed by atoms with Crippen LogP contribution < -0.4 is 5.32 Å². The number of halogens is 1. The molecule has 0 saturated carbocycles. The first-order valence-electron chi connectivity index (χ1n) is 7.11. The number of benzene rings is 1. The summed E-state index contributed by atoms with van der Waals surface area (Å²) in [7, 11) is 0. The Morgan fingerprint density at radius 3 is 2.84 bits per heavy atom. The minimum atomic E-state index is 0.530. The van der Waals surface area contributed by atoms with E-state index in [0.29, 0.717) is 6.04 Å². The second kappa shape index (κ2) is 8.13. The molecule has 3 heteroatoms. The Kier molecular flexibility index (Phi) is 6.48. The molecule has 0 radical (unpaired) electrons. The van der Waals surface area contributed by atoms with E-state index in [9.17, 15) is 0 Å². The maximum Gasteiger partial charge on any atom is 0.0374 e. The van der Waals surface area contributed by atoms with E-state index < -0.39 is 0 Å². The van der Waals surface area contributed by atoms with Crippen molar-refractivity contribution >= 4 is 27.7 Å². The Morgan fingerprint density at radius 2 is 2.16 bits per heavy atom. The third-order valence-electron chi connectivity index (χ3n) is 3.47. The van der Waals surface area contributed by atoms with E-state index in [1.54, 1.807) is 5.57 Å². The highest BCUT2D eigenvalue weighted by Crippen LogP contribution is 2.30. The highest BCUT2D eigenvalue weighted by atomic mass is 79.9. The molecule has 1 aromatic carbocycles. The summed E-state index contributed by atoms with van der Waals surface area (Å²) < 4.78 is 1.20. The summed E-state index contributed by atoms with van der Waals surface area (Å²) >= 11 is 5.56. The van der Waals surface area contributed by atoms with E-state index in [2.05, 4.69) is 58.5 Å². The minimum absolute atomic E-state index is 0.530. The van der Waals surface area contributed by atoms with E-state index in [1.807, 2.05) is 11.8 Å². The molecule has 1 unspecified atom stereocenters. The monoisotopic (exact) mass is 339 g/mol. The summed E-state index contributed by atoms with van der Waals surface area (Å²) in [5.74, 6) is 1.11. The summed E-state index contributed by atoms with van der Waals surface area (Å²) in [5.41, 5.74) is 1.62. The van der Waals surface area contributed by atoms with E-state index in [-0.39, 0.29) is 0 Å². The number of nitrogens with one attached hydrogen (secondary N) is 1. The number of hydrogen-bond donors (Lipinski definition) is 1. The van der Waals surface area contributed by atoms with Gasteiger partial charge in [0.15, 0.2) is 0 Å². The van der Waals surface area contributed by atoms with Crippen LogP contribution in [-0.4, -0.2) is 18.3 Å². The van der Waals surface area contributed by atoms with Crippen molar-refractivity contribution in [1.29, 1.82) is 0 Å². The standard InChI is InChI=1S/C16H22BrNS/c1-2-18-15(13-8-4-3-5-9-13)12-19-16-11-7-6-10-14(16)17/h6-8,10-11,15,18H,2-5,9,12H2,1H3. The number of rotatable bonds is 6. The molecule has 0 aliphatic heterocycles. The predicted octanol–water partition coefficient (Wildman–Crippen LogP) is 5.02. The second-order valence-electron chi connectivity index (χ2n) is 4.88. The van der Waals surface area contributed by atoms with E-state index in [4.69, 9.17) is 0 Å². The third-order valence-corrected chi connectivity index (χ3v) is 5.59. The van der Waals surface area contributed by atoms with Crippen molar-refractivity contribution in [3.8, 4) is 0 Å². The molecule has 0 saturated heterocycles. The molecule has 0 heterocycles. The summed E-state index contributed by atoms with van der Waals surface area (Å²) in [6.07, 6.45) is 7.70. The van der Waals surface area contributed by atoms with Gasteiger partial charge in [-0.15, -0.1) is 11.8 Å². The molecule has 0 amide bonds. The average molecular weight is 340 g/mol.